The van der Waals surface area contributed by atoms with Gasteiger partial charge in [0.2, 0.25) is 0 Å². The summed E-state index contributed by atoms with van der Waals surface area (Å²) >= 11 is 0. The van der Waals surface area contributed by atoms with Crippen LogP contribution in [0, 0.1) is 11.8 Å². The molecule has 0 saturated heterocycles. The summed E-state index contributed by atoms with van der Waals surface area (Å²) in [6.45, 7) is 9.31. The quantitative estimate of drug-likeness (QED) is 0.425. The molecule has 0 aliphatic heterocycles. The maximum atomic E-state index is 2.39. The minimum absolute atomic E-state index is 0.884. The molecule has 0 bridgehead atoms. The van der Waals surface area contributed by atoms with Crippen molar-refractivity contribution in [2.45, 2.75) is 40.5 Å². The third-order valence-electron chi connectivity index (χ3n) is 1.94. The van der Waals surface area contributed by atoms with Gasteiger partial charge in [0.15, 0.2) is 0 Å². The van der Waals surface area contributed by atoms with Gasteiger partial charge < -0.3 is 0 Å². The van der Waals surface area contributed by atoms with Crippen LogP contribution >= 0.6 is 8.58 Å². The lowest BCUT2D eigenvalue weighted by Crippen LogP contribution is -2.00. The Labute approximate surface area is 73.9 Å². The summed E-state index contributed by atoms with van der Waals surface area (Å²) in [5.74, 6) is 1.84. The Bertz CT molecular complexity index is 78.9. The van der Waals surface area contributed by atoms with Crippen molar-refractivity contribution in [2.75, 3.05) is 12.3 Å². The van der Waals surface area contributed by atoms with Crippen LogP contribution in [0.3, 0.4) is 0 Å². The van der Waals surface area contributed by atoms with Gasteiger partial charge in [-0.1, -0.05) is 27.7 Å². The highest BCUT2D eigenvalue weighted by Crippen LogP contribution is 2.19. The third-order valence-corrected chi connectivity index (χ3v) is 3.08. The molecule has 2 atom stereocenters. The molecule has 0 saturated carbocycles. The molecule has 0 aliphatic carbocycles. The van der Waals surface area contributed by atoms with Crippen molar-refractivity contribution in [3.05, 3.63) is 0 Å². The molecule has 0 radical (unpaired) electrons. The van der Waals surface area contributed by atoms with E-state index in [1.54, 1.807) is 0 Å². The first-order valence-electron chi connectivity index (χ1n) is 4.87. The normalized spacial score (nSPS) is 15.0. The molecular formula is C10H23P. The summed E-state index contributed by atoms with van der Waals surface area (Å²) in [6, 6.07) is 0. The monoisotopic (exact) mass is 174 g/mol. The van der Waals surface area contributed by atoms with Gasteiger partial charge in [-0.25, -0.2) is 0 Å². The van der Waals surface area contributed by atoms with Crippen LogP contribution in [0.5, 0.6) is 0 Å². The van der Waals surface area contributed by atoms with Crippen LogP contribution in [0.1, 0.15) is 40.5 Å². The molecule has 1 heteroatoms. The highest BCUT2D eigenvalue weighted by Gasteiger charge is 2.03. The van der Waals surface area contributed by atoms with Crippen LogP contribution in [-0.4, -0.2) is 12.3 Å². The molecule has 0 rings (SSSR count). The van der Waals surface area contributed by atoms with E-state index in [1.807, 2.05) is 0 Å². The predicted octanol–water partition coefficient (Wildman–Crippen LogP) is 3.76. The van der Waals surface area contributed by atoms with Gasteiger partial charge >= 0.3 is 0 Å². The van der Waals surface area contributed by atoms with Gasteiger partial charge in [-0.05, 0) is 37.0 Å². The van der Waals surface area contributed by atoms with Crippen molar-refractivity contribution >= 4 is 8.58 Å². The maximum Gasteiger partial charge on any atom is -0.0351 e. The Morgan fingerprint density at radius 2 is 1.82 bits per heavy atom. The lowest BCUT2D eigenvalue weighted by Gasteiger charge is -2.12. The first-order chi connectivity index (χ1) is 5.16. The average molecular weight is 174 g/mol. The molecule has 0 fully saturated rings. The van der Waals surface area contributed by atoms with Gasteiger partial charge in [0.05, 0.1) is 0 Å². The van der Waals surface area contributed by atoms with Gasteiger partial charge in [0, 0.05) is 0 Å². The lowest BCUT2D eigenvalue weighted by atomic mass is 9.97. The zero-order valence-corrected chi connectivity index (χ0v) is 9.48. The van der Waals surface area contributed by atoms with Gasteiger partial charge in [0.25, 0.3) is 0 Å². The molecule has 0 aromatic rings. The van der Waals surface area contributed by atoms with Crippen LogP contribution in [0.4, 0.5) is 0 Å². The van der Waals surface area contributed by atoms with E-state index in [2.05, 4.69) is 27.7 Å². The first kappa shape index (κ1) is 11.4. The Morgan fingerprint density at radius 3 is 2.27 bits per heavy atom. The number of hydrogen-bond acceptors (Lipinski definition) is 0. The van der Waals surface area contributed by atoms with E-state index >= 15 is 0 Å². The largest absolute Gasteiger partial charge is 0.122 e. The summed E-state index contributed by atoms with van der Waals surface area (Å²) in [4.78, 5) is 0. The van der Waals surface area contributed by atoms with E-state index < -0.39 is 0 Å². The third kappa shape index (κ3) is 8.34. The van der Waals surface area contributed by atoms with E-state index in [0.29, 0.717) is 0 Å². The van der Waals surface area contributed by atoms with Crippen molar-refractivity contribution in [3.63, 3.8) is 0 Å². The second-order valence-electron chi connectivity index (χ2n) is 3.88. The molecule has 0 aromatic heterocycles. The highest BCUT2D eigenvalue weighted by atomic mass is 31.1. The fraction of sp³-hybridized carbons (Fsp3) is 1.00. The molecule has 0 N–H and O–H groups in total. The predicted molar refractivity (Wildman–Crippen MR) is 57.0 cm³/mol. The van der Waals surface area contributed by atoms with E-state index in [4.69, 9.17) is 0 Å². The molecular weight excluding hydrogens is 151 g/mol. The molecule has 0 aliphatic rings. The van der Waals surface area contributed by atoms with Crippen LogP contribution in [0.25, 0.3) is 0 Å². The Morgan fingerprint density at radius 1 is 1.18 bits per heavy atom. The van der Waals surface area contributed by atoms with Crippen LogP contribution in [-0.2, 0) is 0 Å². The number of hydrogen-bond donors (Lipinski definition) is 0. The van der Waals surface area contributed by atoms with E-state index in [-0.39, 0.29) is 0 Å². The SMILES string of the molecule is CCPCCC(C)CC(C)C. The molecule has 0 nitrogen and oxygen atoms in total. The lowest BCUT2D eigenvalue weighted by molar-refractivity contribution is 0.431. The van der Waals surface area contributed by atoms with Crippen molar-refractivity contribution in [1.82, 2.24) is 0 Å². The van der Waals surface area contributed by atoms with Gasteiger partial charge in [-0.15, -0.1) is 8.58 Å². The minimum Gasteiger partial charge on any atom is -0.122 e. The molecule has 11 heavy (non-hydrogen) atoms. The standard InChI is InChI=1S/C10H23P/c1-5-11-7-6-10(4)8-9(2)3/h9-11H,5-8H2,1-4H3. The molecule has 2 unspecified atom stereocenters. The maximum absolute atomic E-state index is 2.39. The molecule has 0 spiro atoms. The van der Waals surface area contributed by atoms with E-state index in [9.17, 15) is 0 Å². The fourth-order valence-corrected chi connectivity index (χ4v) is 2.50. The van der Waals surface area contributed by atoms with Crippen LogP contribution in [0.15, 0.2) is 0 Å². The van der Waals surface area contributed by atoms with Crippen molar-refractivity contribution < 1.29 is 0 Å². The average Bonchev–Trinajstić information content (AvgIpc) is 1.86. The summed E-state index contributed by atoms with van der Waals surface area (Å²) in [6.07, 6.45) is 5.71. The summed E-state index contributed by atoms with van der Waals surface area (Å²) < 4.78 is 0. The summed E-state index contributed by atoms with van der Waals surface area (Å²) in [7, 11) is 1.20. The van der Waals surface area contributed by atoms with Crippen molar-refractivity contribution in [2.24, 2.45) is 11.8 Å². The number of rotatable bonds is 6. The fourth-order valence-electron chi connectivity index (χ4n) is 1.45. The van der Waals surface area contributed by atoms with E-state index in [1.165, 1.54) is 33.7 Å². The van der Waals surface area contributed by atoms with Crippen molar-refractivity contribution in [1.29, 1.82) is 0 Å². The van der Waals surface area contributed by atoms with Gasteiger partial charge in [0.1, 0.15) is 0 Å². The second kappa shape index (κ2) is 7.10. The Kier molecular flexibility index (Phi) is 7.38. The second-order valence-corrected chi connectivity index (χ2v) is 5.58. The van der Waals surface area contributed by atoms with Gasteiger partial charge in [-0.2, -0.15) is 0 Å². The molecule has 0 aromatic carbocycles. The van der Waals surface area contributed by atoms with Gasteiger partial charge in [-0.3, -0.25) is 0 Å². The molecule has 0 amide bonds. The summed E-state index contributed by atoms with van der Waals surface area (Å²) in [5.41, 5.74) is 0. The zero-order chi connectivity index (χ0) is 8.69. The van der Waals surface area contributed by atoms with E-state index in [0.717, 1.165) is 11.8 Å². The molecule has 68 valence electrons. The van der Waals surface area contributed by atoms with Crippen molar-refractivity contribution in [3.8, 4) is 0 Å². The minimum atomic E-state index is 0.884. The Balaban J connectivity index is 3.15. The highest BCUT2D eigenvalue weighted by molar-refractivity contribution is 7.37. The smallest absolute Gasteiger partial charge is 0.0351 e. The zero-order valence-electron chi connectivity index (χ0n) is 8.48. The first-order valence-corrected chi connectivity index (χ1v) is 6.29. The van der Waals surface area contributed by atoms with Crippen LogP contribution in [0.2, 0.25) is 0 Å². The van der Waals surface area contributed by atoms with Crippen LogP contribution < -0.4 is 0 Å². The summed E-state index contributed by atoms with van der Waals surface area (Å²) in [5, 5.41) is 0. The molecule has 0 heterocycles. The Hall–Kier alpha value is 0.430. The topological polar surface area (TPSA) is 0 Å².